The zero-order valence-corrected chi connectivity index (χ0v) is 14.6. The maximum Gasteiger partial charge on any atom is 0.0650 e. The van der Waals surface area contributed by atoms with Gasteiger partial charge in [0.15, 0.2) is 0 Å². The number of nitrogens with two attached hydrogens (primary N) is 1. The average Bonchev–Trinajstić information content (AvgIpc) is 3.10. The summed E-state index contributed by atoms with van der Waals surface area (Å²) in [5, 5.41) is 8.36. The summed E-state index contributed by atoms with van der Waals surface area (Å²) in [5.74, 6) is 0.737. The van der Waals surface area contributed by atoms with E-state index in [2.05, 4.69) is 57.6 Å². The minimum absolute atomic E-state index is 0.618. The van der Waals surface area contributed by atoms with Crippen LogP contribution in [0.25, 0.3) is 10.9 Å². The Labute approximate surface area is 149 Å². The molecule has 1 fully saturated rings. The Kier molecular flexibility index (Phi) is 4.81. The van der Waals surface area contributed by atoms with Crippen LogP contribution in [0.3, 0.4) is 0 Å². The number of H-pyrrole nitrogens is 1. The predicted molar refractivity (Wildman–Crippen MR) is 102 cm³/mol. The molecule has 130 valence electrons. The Morgan fingerprint density at radius 3 is 2.72 bits per heavy atom. The van der Waals surface area contributed by atoms with E-state index in [-0.39, 0.29) is 0 Å². The summed E-state index contributed by atoms with van der Waals surface area (Å²) in [6.45, 7) is 4.05. The molecule has 0 bridgehead atoms. The summed E-state index contributed by atoms with van der Waals surface area (Å²) in [6.07, 6.45) is 5.69. The number of likely N-dealkylation sites (tertiary alicyclic amines) is 1. The van der Waals surface area contributed by atoms with Crippen LogP contribution in [0.4, 0.5) is 0 Å². The van der Waals surface area contributed by atoms with Gasteiger partial charge in [0.2, 0.25) is 0 Å². The van der Waals surface area contributed by atoms with Crippen molar-refractivity contribution in [3.8, 4) is 0 Å². The van der Waals surface area contributed by atoms with Crippen LogP contribution in [-0.4, -0.2) is 28.2 Å². The number of aromatic nitrogens is 2. The number of nitrogens with one attached hydrogen (secondary N) is 1. The number of fused-ring (bicyclic) bond motifs is 1. The first kappa shape index (κ1) is 16.3. The molecule has 2 heterocycles. The number of benzene rings is 2. The second-order valence-corrected chi connectivity index (χ2v) is 7.26. The Bertz CT molecular complexity index is 821. The number of aromatic amines is 1. The van der Waals surface area contributed by atoms with Gasteiger partial charge >= 0.3 is 0 Å². The molecular weight excluding hydrogens is 308 g/mol. The third kappa shape index (κ3) is 3.91. The summed E-state index contributed by atoms with van der Waals surface area (Å²) < 4.78 is 0. The van der Waals surface area contributed by atoms with Gasteiger partial charge in [-0.05, 0) is 60.5 Å². The Balaban J connectivity index is 1.38. The molecule has 25 heavy (non-hydrogen) atoms. The van der Waals surface area contributed by atoms with Crippen LogP contribution in [0, 0.1) is 5.92 Å². The highest BCUT2D eigenvalue weighted by atomic mass is 15.1. The molecule has 4 rings (SSSR count). The normalized spacial score (nSPS) is 18.7. The van der Waals surface area contributed by atoms with Crippen LogP contribution in [0.15, 0.2) is 48.7 Å². The monoisotopic (exact) mass is 334 g/mol. The molecule has 1 atom stereocenters. The first-order valence-electron chi connectivity index (χ1n) is 9.22. The van der Waals surface area contributed by atoms with Crippen molar-refractivity contribution in [2.24, 2.45) is 11.7 Å². The molecule has 1 saturated heterocycles. The predicted octanol–water partition coefficient (Wildman–Crippen LogP) is 3.48. The van der Waals surface area contributed by atoms with Crippen molar-refractivity contribution >= 4 is 10.9 Å². The van der Waals surface area contributed by atoms with Crippen molar-refractivity contribution in [2.75, 3.05) is 13.1 Å². The summed E-state index contributed by atoms with van der Waals surface area (Å²) in [7, 11) is 0. The Morgan fingerprint density at radius 1 is 1.08 bits per heavy atom. The molecule has 0 aliphatic carbocycles. The summed E-state index contributed by atoms with van der Waals surface area (Å²) in [5.41, 5.74) is 10.8. The molecular formula is C21H26N4. The molecule has 3 aromatic rings. The lowest BCUT2D eigenvalue weighted by Gasteiger charge is -2.33. The van der Waals surface area contributed by atoms with Gasteiger partial charge in [-0.2, -0.15) is 5.10 Å². The lowest BCUT2D eigenvalue weighted by atomic mass is 9.90. The third-order valence-corrected chi connectivity index (χ3v) is 5.30. The van der Waals surface area contributed by atoms with Gasteiger partial charge in [-0.1, -0.05) is 30.3 Å². The van der Waals surface area contributed by atoms with Crippen molar-refractivity contribution in [1.29, 1.82) is 0 Å². The highest BCUT2D eigenvalue weighted by Crippen LogP contribution is 2.24. The standard InChI is InChI=1S/C21H26N4/c22-12-16-3-5-17(6-4-16)14-25-9-1-2-19(15-25)10-18-7-8-21-20(11-18)13-23-24-21/h3-8,11,13,19H,1-2,9-10,12,14-15,22H2,(H,23,24)/t19-/m1/s1. The minimum Gasteiger partial charge on any atom is -0.326 e. The van der Waals surface area contributed by atoms with E-state index in [4.69, 9.17) is 5.73 Å². The van der Waals surface area contributed by atoms with E-state index in [0.29, 0.717) is 6.54 Å². The van der Waals surface area contributed by atoms with E-state index in [9.17, 15) is 0 Å². The Hall–Kier alpha value is -2.17. The van der Waals surface area contributed by atoms with E-state index in [1.165, 1.54) is 48.0 Å². The van der Waals surface area contributed by atoms with Crippen LogP contribution in [0.2, 0.25) is 0 Å². The van der Waals surface area contributed by atoms with Gasteiger partial charge in [-0.3, -0.25) is 10.00 Å². The molecule has 3 N–H and O–H groups in total. The molecule has 0 radical (unpaired) electrons. The van der Waals surface area contributed by atoms with Gasteiger partial charge in [-0.15, -0.1) is 0 Å². The van der Waals surface area contributed by atoms with Gasteiger partial charge in [0.25, 0.3) is 0 Å². The lowest BCUT2D eigenvalue weighted by Crippen LogP contribution is -2.35. The van der Waals surface area contributed by atoms with Crippen LogP contribution in [0.5, 0.6) is 0 Å². The zero-order chi connectivity index (χ0) is 17.1. The topological polar surface area (TPSA) is 57.9 Å². The maximum atomic E-state index is 5.69. The van der Waals surface area contributed by atoms with Gasteiger partial charge < -0.3 is 5.73 Å². The SMILES string of the molecule is NCc1ccc(CN2CCC[C@H](Cc3ccc4[nH]ncc4c3)C2)cc1. The fourth-order valence-corrected chi connectivity index (χ4v) is 3.95. The van der Waals surface area contributed by atoms with Crippen molar-refractivity contribution < 1.29 is 0 Å². The fourth-order valence-electron chi connectivity index (χ4n) is 3.95. The second kappa shape index (κ2) is 7.38. The first-order chi connectivity index (χ1) is 12.3. The fraction of sp³-hybridized carbons (Fsp3) is 0.381. The molecule has 0 spiro atoms. The molecule has 4 nitrogen and oxygen atoms in total. The molecule has 4 heteroatoms. The zero-order valence-electron chi connectivity index (χ0n) is 14.6. The van der Waals surface area contributed by atoms with Crippen molar-refractivity contribution in [3.05, 3.63) is 65.4 Å². The van der Waals surface area contributed by atoms with Gasteiger partial charge in [0.05, 0.1) is 11.7 Å². The second-order valence-electron chi connectivity index (χ2n) is 7.26. The maximum absolute atomic E-state index is 5.69. The van der Waals surface area contributed by atoms with Gasteiger partial charge in [-0.25, -0.2) is 0 Å². The molecule has 0 unspecified atom stereocenters. The van der Waals surface area contributed by atoms with E-state index in [1.807, 2.05) is 6.20 Å². The number of hydrogen-bond acceptors (Lipinski definition) is 3. The van der Waals surface area contributed by atoms with E-state index in [1.54, 1.807) is 0 Å². The largest absolute Gasteiger partial charge is 0.326 e. The van der Waals surface area contributed by atoms with Crippen molar-refractivity contribution in [3.63, 3.8) is 0 Å². The first-order valence-corrected chi connectivity index (χ1v) is 9.22. The third-order valence-electron chi connectivity index (χ3n) is 5.30. The van der Waals surface area contributed by atoms with Crippen LogP contribution >= 0.6 is 0 Å². The minimum atomic E-state index is 0.618. The molecule has 1 aliphatic heterocycles. The number of piperidine rings is 1. The molecule has 0 saturated carbocycles. The smallest absolute Gasteiger partial charge is 0.0650 e. The number of hydrogen-bond donors (Lipinski definition) is 2. The lowest BCUT2D eigenvalue weighted by molar-refractivity contribution is 0.167. The van der Waals surface area contributed by atoms with Gasteiger partial charge in [0, 0.05) is 25.0 Å². The Morgan fingerprint density at radius 2 is 1.88 bits per heavy atom. The number of rotatable bonds is 5. The number of nitrogens with zero attached hydrogens (tertiary/aromatic N) is 2. The van der Waals surface area contributed by atoms with Crippen molar-refractivity contribution in [2.45, 2.75) is 32.4 Å². The molecule has 1 aromatic heterocycles. The highest BCUT2D eigenvalue weighted by Gasteiger charge is 2.20. The van der Waals surface area contributed by atoms with Gasteiger partial charge in [0.1, 0.15) is 0 Å². The van der Waals surface area contributed by atoms with Crippen molar-refractivity contribution in [1.82, 2.24) is 15.1 Å². The molecule has 0 amide bonds. The highest BCUT2D eigenvalue weighted by molar-refractivity contribution is 5.78. The van der Waals surface area contributed by atoms with Crippen LogP contribution in [0.1, 0.15) is 29.5 Å². The van der Waals surface area contributed by atoms with Crippen LogP contribution < -0.4 is 5.73 Å². The molecule has 2 aromatic carbocycles. The molecule has 1 aliphatic rings. The van der Waals surface area contributed by atoms with E-state index >= 15 is 0 Å². The summed E-state index contributed by atoms with van der Waals surface area (Å²) in [4.78, 5) is 2.60. The quantitative estimate of drug-likeness (QED) is 0.751. The summed E-state index contributed by atoms with van der Waals surface area (Å²) >= 11 is 0. The summed E-state index contributed by atoms with van der Waals surface area (Å²) in [6, 6.07) is 15.4. The average molecular weight is 334 g/mol. The van der Waals surface area contributed by atoms with E-state index < -0.39 is 0 Å². The van der Waals surface area contributed by atoms with Crippen LogP contribution in [-0.2, 0) is 19.5 Å². The van der Waals surface area contributed by atoms with E-state index in [0.717, 1.165) is 24.4 Å².